The molecule has 25 heteroatoms. The standard InChI is InChI=1S/C64H82N6O19/c1-64(2,3)89-63(82)66-35-17-16-26-49(67-54(72)31-32-56(74)75)59(78)65-36-37-83-38-39-84-44-55(73)68-50(60(79)70-52(62(81)88-43-48-24-14-7-15-25-48)29-34-58(77)86-41-46-20-10-5-11-21-46)27-30-53(71)69-51(61(80)87-42-47-22-12-6-13-23-47)28-33-57(76)85-40-45-18-8-4-9-19-45/h4-15,18-25,49-52H,16-17,26-44H2,1-3H3,(H,65,78)(H,66,82)(H,67,72)(H,68,73)(H,69,71)(H,70,79)(H,74,75). The number of benzene rings is 4. The Balaban J connectivity index is 1.40. The lowest BCUT2D eigenvalue weighted by atomic mass is 10.1. The lowest BCUT2D eigenvalue weighted by Crippen LogP contribution is -2.53. The van der Waals surface area contributed by atoms with E-state index < -0.39 is 121 Å². The van der Waals surface area contributed by atoms with E-state index in [-0.39, 0.29) is 97.9 Å². The lowest BCUT2D eigenvalue weighted by molar-refractivity contribution is -0.151. The zero-order valence-corrected chi connectivity index (χ0v) is 50.5. The Labute approximate surface area is 517 Å². The van der Waals surface area contributed by atoms with Gasteiger partial charge in [-0.3, -0.25) is 38.4 Å². The third-order valence-corrected chi connectivity index (χ3v) is 12.7. The topological polar surface area (TPSA) is 345 Å². The molecule has 89 heavy (non-hydrogen) atoms. The summed E-state index contributed by atoms with van der Waals surface area (Å²) in [5, 5.41) is 24.5. The Hall–Kier alpha value is -9.23. The van der Waals surface area contributed by atoms with Crippen LogP contribution in [0.2, 0.25) is 0 Å². The highest BCUT2D eigenvalue weighted by atomic mass is 16.6. The van der Waals surface area contributed by atoms with Crippen LogP contribution in [0.5, 0.6) is 0 Å². The first-order valence-corrected chi connectivity index (χ1v) is 29.3. The van der Waals surface area contributed by atoms with E-state index in [0.717, 1.165) is 5.56 Å². The largest absolute Gasteiger partial charge is 0.481 e. The number of esters is 4. The lowest BCUT2D eigenvalue weighted by Gasteiger charge is -2.23. The zero-order valence-electron chi connectivity index (χ0n) is 50.5. The van der Waals surface area contributed by atoms with Crippen molar-refractivity contribution in [3.05, 3.63) is 144 Å². The Kier molecular flexibility index (Phi) is 33.3. The molecule has 0 saturated carbocycles. The van der Waals surface area contributed by atoms with Crippen LogP contribution in [0.3, 0.4) is 0 Å². The van der Waals surface area contributed by atoms with Crippen LogP contribution in [0, 0.1) is 0 Å². The van der Waals surface area contributed by atoms with Crippen molar-refractivity contribution in [3.63, 3.8) is 0 Å². The van der Waals surface area contributed by atoms with Crippen LogP contribution in [-0.2, 0) is 108 Å². The Morgan fingerprint density at radius 1 is 0.416 bits per heavy atom. The number of hydrogen-bond donors (Lipinski definition) is 7. The number of alkyl carbamates (subject to hydrolysis) is 1. The number of carboxylic acids is 1. The third kappa shape index (κ3) is 32.9. The molecule has 4 aromatic carbocycles. The smallest absolute Gasteiger partial charge is 0.407 e. The van der Waals surface area contributed by atoms with Crippen LogP contribution in [0.4, 0.5) is 4.79 Å². The van der Waals surface area contributed by atoms with Gasteiger partial charge in [-0.25, -0.2) is 14.4 Å². The molecule has 4 unspecified atom stereocenters. The van der Waals surface area contributed by atoms with E-state index in [2.05, 4.69) is 31.9 Å². The fourth-order valence-corrected chi connectivity index (χ4v) is 8.11. The summed E-state index contributed by atoms with van der Waals surface area (Å²) in [6.45, 7) is 4.10. The second kappa shape index (κ2) is 41.0. The number of hydrogen-bond acceptors (Lipinski definition) is 18. The maximum absolute atomic E-state index is 14.3. The highest BCUT2D eigenvalue weighted by Crippen LogP contribution is 2.13. The van der Waals surface area contributed by atoms with Gasteiger partial charge in [-0.15, -0.1) is 0 Å². The van der Waals surface area contributed by atoms with Crippen LogP contribution < -0.4 is 31.9 Å². The summed E-state index contributed by atoms with van der Waals surface area (Å²) in [5.74, 6) is -8.04. The summed E-state index contributed by atoms with van der Waals surface area (Å²) in [5.41, 5.74) is 2.05. The molecule has 0 aromatic heterocycles. The van der Waals surface area contributed by atoms with Gasteiger partial charge in [-0.05, 0) is 81.5 Å². The number of rotatable bonds is 41. The molecule has 4 aromatic rings. The van der Waals surface area contributed by atoms with Crippen molar-refractivity contribution >= 4 is 65.5 Å². The Morgan fingerprint density at radius 3 is 1.34 bits per heavy atom. The minimum Gasteiger partial charge on any atom is -0.481 e. The van der Waals surface area contributed by atoms with E-state index in [1.807, 2.05) is 6.07 Å². The molecular weight excluding hydrogens is 1160 g/mol. The molecular formula is C64H82N6O19. The van der Waals surface area contributed by atoms with Crippen molar-refractivity contribution in [1.82, 2.24) is 31.9 Å². The maximum atomic E-state index is 14.3. The predicted molar refractivity (Wildman–Crippen MR) is 320 cm³/mol. The third-order valence-electron chi connectivity index (χ3n) is 12.7. The van der Waals surface area contributed by atoms with Crippen molar-refractivity contribution in [1.29, 1.82) is 0 Å². The van der Waals surface area contributed by atoms with Gasteiger partial charge in [0.25, 0.3) is 0 Å². The highest BCUT2D eigenvalue weighted by molar-refractivity contribution is 5.92. The Morgan fingerprint density at radius 2 is 0.843 bits per heavy atom. The molecule has 0 fully saturated rings. The van der Waals surface area contributed by atoms with Crippen molar-refractivity contribution in [2.24, 2.45) is 0 Å². The number of ether oxygens (including phenoxy) is 7. The minimum absolute atomic E-state index is 0.0159. The van der Waals surface area contributed by atoms with Crippen molar-refractivity contribution in [3.8, 4) is 0 Å². The molecule has 0 radical (unpaired) electrons. The quantitative estimate of drug-likeness (QED) is 0.0176. The van der Waals surface area contributed by atoms with Gasteiger partial charge in [0.15, 0.2) is 0 Å². The van der Waals surface area contributed by atoms with Crippen LogP contribution in [0.25, 0.3) is 0 Å². The predicted octanol–water partition coefficient (Wildman–Crippen LogP) is 4.95. The first-order chi connectivity index (χ1) is 42.7. The second-order valence-electron chi connectivity index (χ2n) is 21.3. The minimum atomic E-state index is -1.54. The number of aliphatic carboxylic acids is 1. The monoisotopic (exact) mass is 1240 g/mol. The molecule has 0 aliphatic rings. The van der Waals surface area contributed by atoms with Crippen molar-refractivity contribution < 1.29 is 91.0 Å². The van der Waals surface area contributed by atoms with Crippen LogP contribution in [0.15, 0.2) is 121 Å². The average molecular weight is 1240 g/mol. The summed E-state index contributed by atoms with van der Waals surface area (Å²) in [7, 11) is 0. The van der Waals surface area contributed by atoms with Crippen LogP contribution in [0.1, 0.15) is 114 Å². The molecule has 0 spiro atoms. The number of unbranched alkanes of at least 4 members (excludes halogenated alkanes) is 1. The second-order valence-corrected chi connectivity index (χ2v) is 21.3. The number of carboxylic acid groups (broad SMARTS) is 1. The number of carbonyl (C=O) groups is 11. The summed E-state index contributed by atoms with van der Waals surface area (Å²) in [4.78, 5) is 143. The molecule has 7 N–H and O–H groups in total. The fraction of sp³-hybridized carbons (Fsp3) is 0.453. The molecule has 4 atom stereocenters. The Bertz CT molecular complexity index is 2860. The summed E-state index contributed by atoms with van der Waals surface area (Å²) < 4.78 is 38.2. The van der Waals surface area contributed by atoms with Gasteiger partial charge in [0.1, 0.15) is 62.8 Å². The molecule has 6 amide bonds. The van der Waals surface area contributed by atoms with E-state index in [9.17, 15) is 52.7 Å². The van der Waals surface area contributed by atoms with Gasteiger partial charge < -0.3 is 70.2 Å². The van der Waals surface area contributed by atoms with E-state index in [4.69, 9.17) is 38.3 Å². The van der Waals surface area contributed by atoms with Crippen LogP contribution >= 0.6 is 0 Å². The molecule has 0 heterocycles. The van der Waals surface area contributed by atoms with Gasteiger partial charge in [-0.2, -0.15) is 0 Å². The maximum Gasteiger partial charge on any atom is 0.407 e. The molecule has 0 aliphatic heterocycles. The van der Waals surface area contributed by atoms with E-state index in [1.54, 1.807) is 136 Å². The number of amides is 6. The molecule has 482 valence electrons. The fourth-order valence-electron chi connectivity index (χ4n) is 8.11. The summed E-state index contributed by atoms with van der Waals surface area (Å²) in [6, 6.07) is 29.9. The SMILES string of the molecule is CC(C)(C)OC(=O)NCCCCC(NC(=O)CCC(=O)O)C(=O)NCCOCCOCC(=O)NC(CCC(=O)NC(CCC(=O)OCc1ccccc1)C(=O)OCc1ccccc1)C(=O)NC(CCC(=O)OCc1ccccc1)C(=O)OCc1ccccc1. The van der Waals surface area contributed by atoms with E-state index in [0.29, 0.717) is 29.5 Å². The van der Waals surface area contributed by atoms with Gasteiger partial charge in [-0.1, -0.05) is 121 Å². The molecule has 0 saturated heterocycles. The summed E-state index contributed by atoms with van der Waals surface area (Å²) >= 11 is 0. The molecule has 4 rings (SSSR count). The molecule has 0 bridgehead atoms. The molecule has 0 aliphatic carbocycles. The zero-order chi connectivity index (χ0) is 64.7. The van der Waals surface area contributed by atoms with E-state index in [1.165, 1.54) is 0 Å². The van der Waals surface area contributed by atoms with Gasteiger partial charge in [0, 0.05) is 38.8 Å². The average Bonchev–Trinajstić information content (AvgIpc) is 3.69. The summed E-state index contributed by atoms with van der Waals surface area (Å²) in [6.07, 6.45) is -2.42. The first kappa shape index (κ1) is 72.2. The highest BCUT2D eigenvalue weighted by Gasteiger charge is 2.31. The number of nitrogens with one attached hydrogen (secondary N) is 6. The van der Waals surface area contributed by atoms with E-state index >= 15 is 0 Å². The van der Waals surface area contributed by atoms with Crippen molar-refractivity contribution in [2.75, 3.05) is 39.5 Å². The first-order valence-electron chi connectivity index (χ1n) is 29.3. The van der Waals surface area contributed by atoms with Crippen LogP contribution in [-0.4, -0.2) is 140 Å². The normalized spacial score (nSPS) is 12.3. The van der Waals surface area contributed by atoms with Crippen molar-refractivity contribution in [2.45, 2.75) is 148 Å². The van der Waals surface area contributed by atoms with Gasteiger partial charge >= 0.3 is 35.9 Å². The number of carbonyl (C=O) groups excluding carboxylic acids is 10. The van der Waals surface area contributed by atoms with Gasteiger partial charge in [0.05, 0.1) is 26.2 Å². The van der Waals surface area contributed by atoms with Gasteiger partial charge in [0.2, 0.25) is 29.5 Å². The molecule has 25 nitrogen and oxygen atoms in total.